The molecule has 0 spiro atoms. The van der Waals surface area contributed by atoms with Crippen molar-refractivity contribution in [3.63, 3.8) is 0 Å². The Morgan fingerprint density at radius 1 is 1.40 bits per heavy atom. The van der Waals surface area contributed by atoms with Gasteiger partial charge in [-0.15, -0.1) is 0 Å². The maximum atomic E-state index is 11.5. The van der Waals surface area contributed by atoms with E-state index in [2.05, 4.69) is 32.7 Å². The third-order valence-electron chi connectivity index (χ3n) is 3.47. The SMILES string of the molecule is CC1CC1C(=O)NCCC(=O)NCCCc1ncn[nH]1. The molecule has 1 aromatic heterocycles. The molecule has 20 heavy (non-hydrogen) atoms. The summed E-state index contributed by atoms with van der Waals surface area (Å²) in [5.74, 6) is 1.53. The molecule has 7 heteroatoms. The molecular formula is C13H21N5O2. The van der Waals surface area contributed by atoms with E-state index in [0.29, 0.717) is 25.4 Å². The molecule has 1 aliphatic carbocycles. The summed E-state index contributed by atoms with van der Waals surface area (Å²) in [6.45, 7) is 3.08. The highest BCUT2D eigenvalue weighted by atomic mass is 16.2. The number of rotatable bonds is 8. The number of nitrogens with one attached hydrogen (secondary N) is 3. The summed E-state index contributed by atoms with van der Waals surface area (Å²) >= 11 is 0. The lowest BCUT2D eigenvalue weighted by atomic mass is 10.3. The van der Waals surface area contributed by atoms with E-state index in [0.717, 1.165) is 25.1 Å². The molecule has 1 saturated carbocycles. The molecule has 1 aliphatic rings. The van der Waals surface area contributed by atoms with E-state index >= 15 is 0 Å². The molecule has 3 N–H and O–H groups in total. The fourth-order valence-electron chi connectivity index (χ4n) is 2.04. The predicted octanol–water partition coefficient (Wildman–Crippen LogP) is 0.0158. The van der Waals surface area contributed by atoms with E-state index in [1.165, 1.54) is 6.33 Å². The van der Waals surface area contributed by atoms with Gasteiger partial charge in [0.25, 0.3) is 0 Å². The molecule has 1 aromatic rings. The van der Waals surface area contributed by atoms with Crippen molar-refractivity contribution in [2.24, 2.45) is 11.8 Å². The zero-order valence-electron chi connectivity index (χ0n) is 11.7. The number of aryl methyl sites for hydroxylation is 1. The van der Waals surface area contributed by atoms with Crippen molar-refractivity contribution in [1.29, 1.82) is 0 Å². The second-order valence-electron chi connectivity index (χ2n) is 5.25. The number of carbonyl (C=O) groups is 2. The first-order valence-corrected chi connectivity index (χ1v) is 7.05. The lowest BCUT2D eigenvalue weighted by Crippen LogP contribution is -2.32. The van der Waals surface area contributed by atoms with Crippen LogP contribution < -0.4 is 10.6 Å². The topological polar surface area (TPSA) is 99.8 Å². The van der Waals surface area contributed by atoms with Crippen LogP contribution in [0.4, 0.5) is 0 Å². The molecule has 1 heterocycles. The first-order valence-electron chi connectivity index (χ1n) is 7.05. The maximum Gasteiger partial charge on any atom is 0.223 e. The van der Waals surface area contributed by atoms with E-state index in [4.69, 9.17) is 0 Å². The van der Waals surface area contributed by atoms with Crippen molar-refractivity contribution >= 4 is 11.8 Å². The van der Waals surface area contributed by atoms with E-state index in [9.17, 15) is 9.59 Å². The average Bonchev–Trinajstić information content (AvgIpc) is 2.94. The Labute approximate surface area is 117 Å². The molecule has 0 bridgehead atoms. The molecule has 7 nitrogen and oxygen atoms in total. The molecule has 2 atom stereocenters. The number of amides is 2. The number of aromatic amines is 1. The van der Waals surface area contributed by atoms with Gasteiger partial charge in [0.2, 0.25) is 11.8 Å². The molecule has 0 radical (unpaired) electrons. The minimum atomic E-state index is -0.0354. The molecule has 0 saturated heterocycles. The van der Waals surface area contributed by atoms with E-state index in [1.807, 2.05) is 0 Å². The Kier molecular flexibility index (Phi) is 5.09. The van der Waals surface area contributed by atoms with Crippen LogP contribution in [0.1, 0.15) is 32.0 Å². The second kappa shape index (κ2) is 7.02. The van der Waals surface area contributed by atoms with E-state index in [1.54, 1.807) is 0 Å². The monoisotopic (exact) mass is 279 g/mol. The molecular weight excluding hydrogens is 258 g/mol. The fraction of sp³-hybridized carbons (Fsp3) is 0.692. The molecule has 1 fully saturated rings. The summed E-state index contributed by atoms with van der Waals surface area (Å²) in [4.78, 5) is 27.1. The van der Waals surface area contributed by atoms with Crippen LogP contribution in [0.2, 0.25) is 0 Å². The Morgan fingerprint density at radius 3 is 2.85 bits per heavy atom. The van der Waals surface area contributed by atoms with Crippen molar-refractivity contribution in [3.8, 4) is 0 Å². The fourth-order valence-corrected chi connectivity index (χ4v) is 2.04. The van der Waals surface area contributed by atoms with Crippen molar-refractivity contribution in [3.05, 3.63) is 12.2 Å². The van der Waals surface area contributed by atoms with Gasteiger partial charge in [-0.2, -0.15) is 5.10 Å². The third kappa shape index (κ3) is 4.64. The minimum Gasteiger partial charge on any atom is -0.356 e. The standard InChI is InChI=1S/C13H21N5O2/c1-9-7-10(9)13(20)15-6-4-12(19)14-5-2-3-11-16-8-17-18-11/h8-10H,2-7H2,1H3,(H,14,19)(H,15,20)(H,16,17,18). The first-order chi connectivity index (χ1) is 9.66. The summed E-state index contributed by atoms with van der Waals surface area (Å²) in [6.07, 6.45) is 4.34. The molecule has 110 valence electrons. The third-order valence-corrected chi connectivity index (χ3v) is 3.47. The highest BCUT2D eigenvalue weighted by molar-refractivity contribution is 5.82. The number of nitrogens with zero attached hydrogens (tertiary/aromatic N) is 2. The van der Waals surface area contributed by atoms with Crippen LogP contribution in [0.5, 0.6) is 0 Å². The number of hydrogen-bond donors (Lipinski definition) is 3. The largest absolute Gasteiger partial charge is 0.356 e. The number of hydrogen-bond acceptors (Lipinski definition) is 4. The molecule has 0 aromatic carbocycles. The van der Waals surface area contributed by atoms with Gasteiger partial charge in [0, 0.05) is 31.8 Å². The zero-order chi connectivity index (χ0) is 14.4. The number of aromatic nitrogens is 3. The summed E-state index contributed by atoms with van der Waals surface area (Å²) in [5, 5.41) is 12.1. The average molecular weight is 279 g/mol. The maximum absolute atomic E-state index is 11.5. The van der Waals surface area contributed by atoms with Gasteiger partial charge < -0.3 is 10.6 Å². The second-order valence-corrected chi connectivity index (χ2v) is 5.25. The molecule has 0 aliphatic heterocycles. The van der Waals surface area contributed by atoms with Gasteiger partial charge in [0.15, 0.2) is 0 Å². The summed E-state index contributed by atoms with van der Waals surface area (Å²) < 4.78 is 0. The normalized spacial score (nSPS) is 20.4. The van der Waals surface area contributed by atoms with Gasteiger partial charge in [-0.3, -0.25) is 14.7 Å². The van der Waals surface area contributed by atoms with Crippen molar-refractivity contribution < 1.29 is 9.59 Å². The quantitative estimate of drug-likeness (QED) is 0.584. The Morgan fingerprint density at radius 2 is 2.20 bits per heavy atom. The van der Waals surface area contributed by atoms with Crippen LogP contribution in [0.3, 0.4) is 0 Å². The van der Waals surface area contributed by atoms with Crippen LogP contribution >= 0.6 is 0 Å². The van der Waals surface area contributed by atoms with Gasteiger partial charge in [-0.1, -0.05) is 6.92 Å². The van der Waals surface area contributed by atoms with Crippen LogP contribution in [0, 0.1) is 11.8 Å². The van der Waals surface area contributed by atoms with E-state index in [-0.39, 0.29) is 17.7 Å². The Hall–Kier alpha value is -1.92. The van der Waals surface area contributed by atoms with Crippen LogP contribution in [-0.2, 0) is 16.0 Å². The number of carbonyl (C=O) groups excluding carboxylic acids is 2. The summed E-state index contributed by atoms with van der Waals surface area (Å²) in [5.41, 5.74) is 0. The lowest BCUT2D eigenvalue weighted by Gasteiger charge is -2.06. The highest BCUT2D eigenvalue weighted by Crippen LogP contribution is 2.37. The van der Waals surface area contributed by atoms with Crippen LogP contribution in [-0.4, -0.2) is 40.1 Å². The summed E-state index contributed by atoms with van der Waals surface area (Å²) in [6, 6.07) is 0. The van der Waals surface area contributed by atoms with Gasteiger partial charge in [0.1, 0.15) is 12.2 Å². The molecule has 2 amide bonds. The van der Waals surface area contributed by atoms with Crippen molar-refractivity contribution in [1.82, 2.24) is 25.8 Å². The van der Waals surface area contributed by atoms with Gasteiger partial charge in [0.05, 0.1) is 0 Å². The molecule has 2 rings (SSSR count). The zero-order valence-corrected chi connectivity index (χ0v) is 11.7. The Balaban J connectivity index is 1.47. The van der Waals surface area contributed by atoms with Gasteiger partial charge in [-0.05, 0) is 18.8 Å². The minimum absolute atomic E-state index is 0.0354. The predicted molar refractivity (Wildman–Crippen MR) is 72.6 cm³/mol. The smallest absolute Gasteiger partial charge is 0.223 e. The lowest BCUT2D eigenvalue weighted by molar-refractivity contribution is -0.123. The van der Waals surface area contributed by atoms with Crippen molar-refractivity contribution in [2.75, 3.05) is 13.1 Å². The highest BCUT2D eigenvalue weighted by Gasteiger charge is 2.38. The van der Waals surface area contributed by atoms with Crippen LogP contribution in [0.15, 0.2) is 6.33 Å². The first kappa shape index (κ1) is 14.5. The molecule has 2 unspecified atom stereocenters. The van der Waals surface area contributed by atoms with Gasteiger partial charge in [-0.25, -0.2) is 4.98 Å². The van der Waals surface area contributed by atoms with E-state index < -0.39 is 0 Å². The van der Waals surface area contributed by atoms with Crippen LogP contribution in [0.25, 0.3) is 0 Å². The number of H-pyrrole nitrogens is 1. The Bertz CT molecular complexity index is 446. The summed E-state index contributed by atoms with van der Waals surface area (Å²) in [7, 11) is 0. The van der Waals surface area contributed by atoms with Gasteiger partial charge >= 0.3 is 0 Å². The van der Waals surface area contributed by atoms with Crippen molar-refractivity contribution in [2.45, 2.75) is 32.6 Å².